The number of hydrogen-bond donors (Lipinski definition) is 1. The lowest BCUT2D eigenvalue weighted by molar-refractivity contribution is -0.255. The van der Waals surface area contributed by atoms with Crippen molar-refractivity contribution in [2.24, 2.45) is 0 Å². The summed E-state index contributed by atoms with van der Waals surface area (Å²) in [6.45, 7) is 0. The first-order chi connectivity index (χ1) is 4.20. The fourth-order valence-corrected chi connectivity index (χ4v) is 0.381. The van der Waals surface area contributed by atoms with Gasteiger partial charge in [-0.2, -0.15) is 4.98 Å². The molecule has 0 spiro atoms. The van der Waals surface area contributed by atoms with Crippen LogP contribution >= 0.6 is 0 Å². The third-order valence-corrected chi connectivity index (χ3v) is 0.731. The van der Waals surface area contributed by atoms with E-state index in [0.29, 0.717) is 0 Å². The Morgan fingerprint density at radius 2 is 2.56 bits per heavy atom. The molecule has 0 atom stereocenters. The molecule has 0 fully saturated rings. The number of aromatic nitrogens is 1. The molecule has 1 heterocycles. The van der Waals surface area contributed by atoms with E-state index in [1.165, 1.54) is 0 Å². The maximum atomic E-state index is 9.93. The zero-order valence-corrected chi connectivity index (χ0v) is 4.33. The van der Waals surface area contributed by atoms with Gasteiger partial charge in [-0.1, -0.05) is 0 Å². The van der Waals surface area contributed by atoms with Gasteiger partial charge in [-0.25, -0.2) is 0 Å². The summed E-state index contributed by atoms with van der Waals surface area (Å²) >= 11 is 0. The van der Waals surface area contributed by atoms with Gasteiger partial charge in [0.1, 0.15) is 12.0 Å². The van der Waals surface area contributed by atoms with E-state index in [9.17, 15) is 9.90 Å². The van der Waals surface area contributed by atoms with Crippen molar-refractivity contribution in [3.8, 4) is 0 Å². The van der Waals surface area contributed by atoms with Crippen LogP contribution in [0.25, 0.3) is 0 Å². The SMILES string of the molecule is Nc1nc(C(=O)[O-])co1. The molecule has 0 saturated carbocycles. The number of carbonyl (C=O) groups is 1. The highest BCUT2D eigenvalue weighted by atomic mass is 16.4. The van der Waals surface area contributed by atoms with Crippen molar-refractivity contribution in [1.29, 1.82) is 0 Å². The highest BCUT2D eigenvalue weighted by Gasteiger charge is 1.98. The first-order valence-corrected chi connectivity index (χ1v) is 2.12. The molecular weight excluding hydrogens is 124 g/mol. The summed E-state index contributed by atoms with van der Waals surface area (Å²) in [4.78, 5) is 13.2. The Kier molecular flexibility index (Phi) is 1.11. The van der Waals surface area contributed by atoms with Gasteiger partial charge in [-0.3, -0.25) is 0 Å². The maximum Gasteiger partial charge on any atom is 0.292 e. The second kappa shape index (κ2) is 1.77. The number of carbonyl (C=O) groups excluding carboxylic acids is 1. The van der Waals surface area contributed by atoms with E-state index in [4.69, 9.17) is 5.73 Å². The quantitative estimate of drug-likeness (QED) is 0.501. The molecule has 0 bridgehead atoms. The summed E-state index contributed by atoms with van der Waals surface area (Å²) in [6, 6.07) is -0.172. The van der Waals surface area contributed by atoms with E-state index in [2.05, 4.69) is 9.40 Å². The molecule has 5 nitrogen and oxygen atoms in total. The normalized spacial score (nSPS) is 9.33. The summed E-state index contributed by atoms with van der Waals surface area (Å²) in [5.41, 5.74) is 4.66. The Morgan fingerprint density at radius 1 is 1.89 bits per heavy atom. The fraction of sp³-hybridized carbons (Fsp3) is 0. The van der Waals surface area contributed by atoms with Crippen LogP contribution in [-0.4, -0.2) is 11.0 Å². The largest absolute Gasteiger partial charge is 0.543 e. The van der Waals surface area contributed by atoms with Crippen LogP contribution in [0.15, 0.2) is 10.7 Å². The molecule has 9 heavy (non-hydrogen) atoms. The minimum atomic E-state index is -1.39. The van der Waals surface area contributed by atoms with E-state index in [0.717, 1.165) is 6.26 Å². The van der Waals surface area contributed by atoms with Crippen LogP contribution in [-0.2, 0) is 0 Å². The topological polar surface area (TPSA) is 92.2 Å². The molecule has 1 aromatic heterocycles. The zero-order chi connectivity index (χ0) is 6.85. The standard InChI is InChI=1S/C4H4N2O3/c5-4-6-2(1-9-4)3(7)8/h1H,(H2,5,6)(H,7,8)/p-1. The maximum absolute atomic E-state index is 9.93. The predicted octanol–water partition coefficient (Wildman–Crippen LogP) is -1.38. The van der Waals surface area contributed by atoms with Crippen LogP contribution < -0.4 is 10.8 Å². The first kappa shape index (κ1) is 5.61. The molecule has 1 rings (SSSR count). The van der Waals surface area contributed by atoms with Gasteiger partial charge in [0, 0.05) is 0 Å². The van der Waals surface area contributed by atoms with Crippen molar-refractivity contribution in [1.82, 2.24) is 4.98 Å². The van der Waals surface area contributed by atoms with Crippen LogP contribution in [0.5, 0.6) is 0 Å². The van der Waals surface area contributed by atoms with Crippen molar-refractivity contribution < 1.29 is 14.3 Å². The van der Waals surface area contributed by atoms with Gasteiger partial charge in [-0.15, -0.1) is 0 Å². The van der Waals surface area contributed by atoms with Gasteiger partial charge in [0.05, 0.1) is 5.97 Å². The summed E-state index contributed by atoms with van der Waals surface area (Å²) in [5, 5.41) is 9.93. The number of anilines is 1. The summed E-state index contributed by atoms with van der Waals surface area (Å²) in [5.74, 6) is -1.39. The number of nitrogens with two attached hydrogens (primary N) is 1. The van der Waals surface area contributed by atoms with Crippen LogP contribution in [0, 0.1) is 0 Å². The molecule has 1 aromatic rings. The molecule has 2 N–H and O–H groups in total. The summed E-state index contributed by atoms with van der Waals surface area (Å²) in [7, 11) is 0. The predicted molar refractivity (Wildman–Crippen MR) is 25.2 cm³/mol. The Bertz CT molecular complexity index is 229. The molecular formula is C4H3N2O3-. The van der Waals surface area contributed by atoms with Crippen molar-refractivity contribution in [3.05, 3.63) is 12.0 Å². The van der Waals surface area contributed by atoms with Crippen molar-refractivity contribution in [3.63, 3.8) is 0 Å². The molecule has 48 valence electrons. The molecule has 0 aliphatic rings. The number of aromatic carboxylic acids is 1. The minimum absolute atomic E-state index is 0.172. The van der Waals surface area contributed by atoms with E-state index in [1.54, 1.807) is 0 Å². The van der Waals surface area contributed by atoms with Gasteiger partial charge in [0.15, 0.2) is 0 Å². The number of nitrogen functional groups attached to an aromatic ring is 1. The molecule has 0 saturated heterocycles. The number of carboxylic acids is 1. The van der Waals surface area contributed by atoms with Gasteiger partial charge in [0.2, 0.25) is 0 Å². The Balaban J connectivity index is 2.98. The highest BCUT2D eigenvalue weighted by Crippen LogP contribution is 1.99. The lowest BCUT2D eigenvalue weighted by Crippen LogP contribution is -2.22. The molecule has 0 aliphatic heterocycles. The second-order valence-corrected chi connectivity index (χ2v) is 1.36. The average Bonchev–Trinajstić information content (AvgIpc) is 2.14. The molecule has 0 unspecified atom stereocenters. The Labute approximate surface area is 50.1 Å². The van der Waals surface area contributed by atoms with Crippen molar-refractivity contribution in [2.75, 3.05) is 5.73 Å². The van der Waals surface area contributed by atoms with Crippen molar-refractivity contribution >= 4 is 12.0 Å². The first-order valence-electron chi connectivity index (χ1n) is 2.12. The molecule has 0 radical (unpaired) electrons. The van der Waals surface area contributed by atoms with E-state index in [-0.39, 0.29) is 11.7 Å². The molecule has 5 heteroatoms. The lowest BCUT2D eigenvalue weighted by atomic mass is 10.5. The van der Waals surface area contributed by atoms with Crippen LogP contribution in [0.3, 0.4) is 0 Å². The number of carboxylic acid groups (broad SMARTS) is 1. The summed E-state index contributed by atoms with van der Waals surface area (Å²) < 4.78 is 4.37. The second-order valence-electron chi connectivity index (χ2n) is 1.36. The molecule has 0 aromatic carbocycles. The van der Waals surface area contributed by atoms with Crippen molar-refractivity contribution in [2.45, 2.75) is 0 Å². The zero-order valence-electron chi connectivity index (χ0n) is 4.33. The number of oxazole rings is 1. The van der Waals surface area contributed by atoms with Gasteiger partial charge >= 0.3 is 0 Å². The average molecular weight is 127 g/mol. The third kappa shape index (κ3) is 0.987. The third-order valence-electron chi connectivity index (χ3n) is 0.731. The van der Waals surface area contributed by atoms with E-state index < -0.39 is 5.97 Å². The Hall–Kier alpha value is -1.52. The summed E-state index contributed by atoms with van der Waals surface area (Å²) in [6.07, 6.45) is 0.921. The molecule has 0 amide bonds. The molecule has 0 aliphatic carbocycles. The monoisotopic (exact) mass is 127 g/mol. The number of nitrogens with zero attached hydrogens (tertiary/aromatic N) is 1. The van der Waals surface area contributed by atoms with Gasteiger partial charge < -0.3 is 20.1 Å². The van der Waals surface area contributed by atoms with Gasteiger partial charge in [0.25, 0.3) is 6.01 Å². The minimum Gasteiger partial charge on any atom is -0.543 e. The fourth-order valence-electron chi connectivity index (χ4n) is 0.381. The number of rotatable bonds is 1. The van der Waals surface area contributed by atoms with Crippen LogP contribution in [0.2, 0.25) is 0 Å². The highest BCUT2D eigenvalue weighted by molar-refractivity contribution is 5.83. The number of hydrogen-bond acceptors (Lipinski definition) is 5. The lowest BCUT2D eigenvalue weighted by Gasteiger charge is -1.89. The smallest absolute Gasteiger partial charge is 0.292 e. The van der Waals surface area contributed by atoms with Gasteiger partial charge in [-0.05, 0) is 0 Å². The van der Waals surface area contributed by atoms with Crippen LogP contribution in [0.1, 0.15) is 10.5 Å². The van der Waals surface area contributed by atoms with E-state index in [1.807, 2.05) is 0 Å². The Morgan fingerprint density at radius 3 is 2.78 bits per heavy atom. The van der Waals surface area contributed by atoms with Crippen LogP contribution in [0.4, 0.5) is 6.01 Å². The van der Waals surface area contributed by atoms with E-state index >= 15 is 0 Å².